The molecule has 1 fully saturated rings. The number of fused-ring (bicyclic) bond motifs is 1. The number of ether oxygens (including phenoxy) is 1. The van der Waals surface area contributed by atoms with Crippen molar-refractivity contribution in [1.82, 2.24) is 14.0 Å². The standard InChI is InChI=1S/C14H18N4O3/c1-14(7-16(2)13(20)21-14)8-18-11-6-9(15)4-5-10(11)17(3)12(18)19/h4-6H,7-8,15H2,1-3H3. The van der Waals surface area contributed by atoms with Crippen molar-refractivity contribution >= 4 is 22.8 Å². The first-order valence-electron chi connectivity index (χ1n) is 6.70. The van der Waals surface area contributed by atoms with Gasteiger partial charge in [0.05, 0.1) is 24.1 Å². The Labute approximate surface area is 121 Å². The monoisotopic (exact) mass is 290 g/mol. The number of likely N-dealkylation sites (N-methyl/N-ethyl adjacent to an activating group) is 1. The lowest BCUT2D eigenvalue weighted by Crippen LogP contribution is -2.38. The van der Waals surface area contributed by atoms with Crippen molar-refractivity contribution in [2.24, 2.45) is 7.05 Å². The quantitative estimate of drug-likeness (QED) is 0.828. The number of hydrogen-bond acceptors (Lipinski definition) is 4. The van der Waals surface area contributed by atoms with Crippen LogP contribution in [0.1, 0.15) is 6.92 Å². The molecule has 1 aromatic carbocycles. The highest BCUT2D eigenvalue weighted by Gasteiger charge is 2.40. The molecule has 2 aromatic rings. The van der Waals surface area contributed by atoms with Crippen molar-refractivity contribution in [1.29, 1.82) is 0 Å². The number of nitrogens with two attached hydrogens (primary N) is 1. The third-order valence-electron chi connectivity index (χ3n) is 3.88. The summed E-state index contributed by atoms with van der Waals surface area (Å²) in [5.41, 5.74) is 7.08. The fourth-order valence-electron chi connectivity index (χ4n) is 2.88. The average Bonchev–Trinajstić information content (AvgIpc) is 2.79. The zero-order valence-corrected chi connectivity index (χ0v) is 12.3. The van der Waals surface area contributed by atoms with Gasteiger partial charge in [-0.05, 0) is 25.1 Å². The van der Waals surface area contributed by atoms with Crippen LogP contribution in [0.2, 0.25) is 0 Å². The molecule has 3 rings (SSSR count). The number of carbonyl (C=O) groups excluding carboxylic acids is 1. The van der Waals surface area contributed by atoms with Gasteiger partial charge >= 0.3 is 11.8 Å². The van der Waals surface area contributed by atoms with Crippen LogP contribution in [0.15, 0.2) is 23.0 Å². The number of anilines is 1. The van der Waals surface area contributed by atoms with Crippen molar-refractivity contribution in [3.05, 3.63) is 28.7 Å². The zero-order chi connectivity index (χ0) is 15.4. The van der Waals surface area contributed by atoms with Gasteiger partial charge in [-0.3, -0.25) is 9.13 Å². The average molecular weight is 290 g/mol. The van der Waals surface area contributed by atoms with Crippen LogP contribution in [0.3, 0.4) is 0 Å². The molecular weight excluding hydrogens is 272 g/mol. The number of carbonyl (C=O) groups is 1. The molecule has 1 aliphatic heterocycles. The molecule has 1 saturated heterocycles. The maximum atomic E-state index is 12.4. The summed E-state index contributed by atoms with van der Waals surface area (Å²) in [5.74, 6) is 0. The second-order valence-electron chi connectivity index (χ2n) is 5.85. The Hall–Kier alpha value is -2.44. The Balaban J connectivity index is 2.09. The van der Waals surface area contributed by atoms with E-state index in [1.807, 2.05) is 13.0 Å². The number of nitrogens with zero attached hydrogens (tertiary/aromatic N) is 3. The summed E-state index contributed by atoms with van der Waals surface area (Å²) in [4.78, 5) is 25.5. The molecule has 1 amide bonds. The number of amides is 1. The summed E-state index contributed by atoms with van der Waals surface area (Å²) in [5, 5.41) is 0. The summed E-state index contributed by atoms with van der Waals surface area (Å²) in [6.45, 7) is 2.56. The van der Waals surface area contributed by atoms with Crippen molar-refractivity contribution in [3.8, 4) is 0 Å². The fraction of sp³-hybridized carbons (Fsp3) is 0.429. The lowest BCUT2D eigenvalue weighted by Gasteiger charge is -2.21. The molecule has 1 unspecified atom stereocenters. The Kier molecular flexibility index (Phi) is 2.76. The Morgan fingerprint density at radius 1 is 1.29 bits per heavy atom. The highest BCUT2D eigenvalue weighted by atomic mass is 16.6. The topological polar surface area (TPSA) is 82.5 Å². The summed E-state index contributed by atoms with van der Waals surface area (Å²) < 4.78 is 8.57. The lowest BCUT2D eigenvalue weighted by atomic mass is 10.1. The highest BCUT2D eigenvalue weighted by molar-refractivity contribution is 5.79. The van der Waals surface area contributed by atoms with Gasteiger partial charge in [0, 0.05) is 19.8 Å². The molecule has 0 saturated carbocycles. The largest absolute Gasteiger partial charge is 0.439 e. The van der Waals surface area contributed by atoms with Gasteiger partial charge in [0.15, 0.2) is 0 Å². The zero-order valence-electron chi connectivity index (χ0n) is 12.3. The van der Waals surface area contributed by atoms with E-state index in [0.717, 1.165) is 11.0 Å². The smallest absolute Gasteiger partial charge is 0.410 e. The Bertz CT molecular complexity index is 791. The number of rotatable bonds is 2. The second kappa shape index (κ2) is 4.28. The van der Waals surface area contributed by atoms with Gasteiger partial charge in [-0.25, -0.2) is 9.59 Å². The van der Waals surface area contributed by atoms with Crippen molar-refractivity contribution < 1.29 is 9.53 Å². The van der Waals surface area contributed by atoms with E-state index in [9.17, 15) is 9.59 Å². The molecule has 1 aliphatic rings. The third-order valence-corrected chi connectivity index (χ3v) is 3.88. The maximum absolute atomic E-state index is 12.4. The molecule has 7 heteroatoms. The van der Waals surface area contributed by atoms with Crippen molar-refractivity contribution in [2.75, 3.05) is 19.3 Å². The first kappa shape index (κ1) is 13.5. The number of imidazole rings is 1. The summed E-state index contributed by atoms with van der Waals surface area (Å²) in [6.07, 6.45) is -0.370. The molecule has 0 bridgehead atoms. The predicted octanol–water partition coefficient (Wildman–Crippen LogP) is 0.763. The van der Waals surface area contributed by atoms with E-state index in [-0.39, 0.29) is 11.8 Å². The Morgan fingerprint density at radius 3 is 2.62 bits per heavy atom. The maximum Gasteiger partial charge on any atom is 0.410 e. The molecule has 112 valence electrons. The van der Waals surface area contributed by atoms with Gasteiger partial charge in [0.25, 0.3) is 0 Å². The summed E-state index contributed by atoms with van der Waals surface area (Å²) in [7, 11) is 3.39. The molecule has 1 atom stereocenters. The first-order chi connectivity index (χ1) is 9.81. The van der Waals surface area contributed by atoms with Crippen molar-refractivity contribution in [2.45, 2.75) is 19.1 Å². The van der Waals surface area contributed by atoms with E-state index in [4.69, 9.17) is 10.5 Å². The van der Waals surface area contributed by atoms with Gasteiger partial charge in [-0.15, -0.1) is 0 Å². The van der Waals surface area contributed by atoms with Crippen LogP contribution in [0.4, 0.5) is 10.5 Å². The molecule has 1 aromatic heterocycles. The van der Waals surface area contributed by atoms with Crippen LogP contribution in [0.25, 0.3) is 11.0 Å². The van der Waals surface area contributed by atoms with E-state index in [0.29, 0.717) is 18.8 Å². The van der Waals surface area contributed by atoms with E-state index in [1.54, 1.807) is 35.4 Å². The summed E-state index contributed by atoms with van der Waals surface area (Å²) in [6, 6.07) is 5.34. The Morgan fingerprint density at radius 2 is 2.00 bits per heavy atom. The van der Waals surface area contributed by atoms with Crippen LogP contribution < -0.4 is 11.4 Å². The minimum atomic E-state index is -0.728. The number of nitrogen functional groups attached to an aromatic ring is 1. The SMILES string of the molecule is CN1CC(C)(Cn2c(=O)n(C)c3ccc(N)cc32)OC1=O. The molecule has 21 heavy (non-hydrogen) atoms. The molecule has 0 spiro atoms. The highest BCUT2D eigenvalue weighted by Crippen LogP contribution is 2.25. The molecule has 0 aliphatic carbocycles. The third kappa shape index (κ3) is 2.05. The number of hydrogen-bond donors (Lipinski definition) is 1. The molecule has 2 heterocycles. The minimum absolute atomic E-state index is 0.151. The van der Waals surface area contributed by atoms with Crippen LogP contribution in [-0.4, -0.2) is 39.3 Å². The van der Waals surface area contributed by atoms with Gasteiger partial charge in [-0.1, -0.05) is 0 Å². The molecule has 7 nitrogen and oxygen atoms in total. The van der Waals surface area contributed by atoms with Gasteiger partial charge in [0.2, 0.25) is 0 Å². The van der Waals surface area contributed by atoms with Crippen LogP contribution >= 0.6 is 0 Å². The van der Waals surface area contributed by atoms with Crippen LogP contribution in [-0.2, 0) is 18.3 Å². The summed E-state index contributed by atoms with van der Waals surface area (Å²) >= 11 is 0. The number of aryl methyl sites for hydroxylation is 1. The lowest BCUT2D eigenvalue weighted by molar-refractivity contribution is 0.0578. The van der Waals surface area contributed by atoms with E-state index < -0.39 is 5.60 Å². The van der Waals surface area contributed by atoms with Crippen LogP contribution in [0, 0.1) is 0 Å². The first-order valence-corrected chi connectivity index (χ1v) is 6.70. The second-order valence-corrected chi connectivity index (χ2v) is 5.85. The number of aromatic nitrogens is 2. The van der Waals surface area contributed by atoms with Gasteiger partial charge in [0.1, 0.15) is 5.60 Å². The van der Waals surface area contributed by atoms with E-state index in [2.05, 4.69) is 0 Å². The van der Waals surface area contributed by atoms with E-state index >= 15 is 0 Å². The number of cyclic esters (lactones) is 1. The predicted molar refractivity (Wildman–Crippen MR) is 79.1 cm³/mol. The number of benzene rings is 1. The van der Waals surface area contributed by atoms with Crippen LogP contribution in [0.5, 0.6) is 0 Å². The van der Waals surface area contributed by atoms with Gasteiger partial charge in [-0.2, -0.15) is 0 Å². The minimum Gasteiger partial charge on any atom is -0.439 e. The molecule has 0 radical (unpaired) electrons. The van der Waals surface area contributed by atoms with E-state index in [1.165, 1.54) is 4.90 Å². The van der Waals surface area contributed by atoms with Crippen molar-refractivity contribution in [3.63, 3.8) is 0 Å². The fourth-order valence-corrected chi connectivity index (χ4v) is 2.88. The molecular formula is C14H18N4O3. The normalized spacial score (nSPS) is 22.0. The van der Waals surface area contributed by atoms with Gasteiger partial charge < -0.3 is 15.4 Å². The molecule has 2 N–H and O–H groups in total.